The zero-order chi connectivity index (χ0) is 17.2. The van der Waals surface area contributed by atoms with Crippen molar-refractivity contribution in [3.05, 3.63) is 52.7 Å². The van der Waals surface area contributed by atoms with Crippen LogP contribution >= 0.6 is 0 Å². The summed E-state index contributed by atoms with van der Waals surface area (Å²) >= 11 is 0. The number of nitrogens with zero attached hydrogens (tertiary/aromatic N) is 3. The lowest BCUT2D eigenvalue weighted by molar-refractivity contribution is 0.0838. The highest BCUT2D eigenvalue weighted by atomic mass is 16.5. The van der Waals surface area contributed by atoms with Gasteiger partial charge in [-0.05, 0) is 24.6 Å². The number of H-pyrrole nitrogens is 1. The van der Waals surface area contributed by atoms with Gasteiger partial charge in [0.2, 0.25) is 0 Å². The number of benzene rings is 1. The molecule has 0 bridgehead atoms. The average molecular weight is 341 g/mol. The monoisotopic (exact) mass is 341 g/mol. The van der Waals surface area contributed by atoms with E-state index in [9.17, 15) is 4.79 Å². The molecule has 1 aliphatic heterocycles. The number of nitrogens with one attached hydrogen (secondary N) is 2. The van der Waals surface area contributed by atoms with Crippen LogP contribution in [-0.4, -0.2) is 39.0 Å². The number of aromatic nitrogens is 4. The molecule has 25 heavy (non-hydrogen) atoms. The minimum absolute atomic E-state index is 0.0556. The molecule has 3 heterocycles. The second kappa shape index (κ2) is 6.85. The van der Waals surface area contributed by atoms with Gasteiger partial charge in [-0.1, -0.05) is 12.1 Å². The number of ether oxygens (including phenoxy) is 1. The molecule has 2 atom stereocenters. The predicted octanol–water partition coefficient (Wildman–Crippen LogP) is 1.43. The van der Waals surface area contributed by atoms with Crippen LogP contribution in [0, 0.1) is 5.92 Å². The van der Waals surface area contributed by atoms with Crippen LogP contribution in [0.1, 0.15) is 18.2 Å². The number of para-hydroxylation sites is 2. The summed E-state index contributed by atoms with van der Waals surface area (Å²) in [5.74, 6) is 0.426. The van der Waals surface area contributed by atoms with Crippen molar-refractivity contribution in [2.75, 3.05) is 19.7 Å². The van der Waals surface area contributed by atoms with Gasteiger partial charge in [-0.25, -0.2) is 4.79 Å². The van der Waals surface area contributed by atoms with Crippen LogP contribution in [0.15, 0.2) is 41.3 Å². The average Bonchev–Trinajstić information content (AvgIpc) is 3.30. The Bertz CT molecular complexity index is 909. The molecular formula is C18H23N5O2. The number of aryl methyl sites for hydroxylation is 1. The molecule has 0 radical (unpaired) electrons. The van der Waals surface area contributed by atoms with Gasteiger partial charge < -0.3 is 15.0 Å². The highest BCUT2D eigenvalue weighted by Crippen LogP contribution is 2.33. The molecule has 7 nitrogen and oxygen atoms in total. The van der Waals surface area contributed by atoms with E-state index in [0.717, 1.165) is 42.8 Å². The smallest absolute Gasteiger partial charge is 0.326 e. The summed E-state index contributed by atoms with van der Waals surface area (Å²) in [7, 11) is 1.95. The molecule has 0 unspecified atom stereocenters. The Balaban J connectivity index is 1.35. The lowest BCUT2D eigenvalue weighted by Crippen LogP contribution is -2.30. The molecule has 4 rings (SSSR count). The summed E-state index contributed by atoms with van der Waals surface area (Å²) in [4.78, 5) is 15.0. The minimum atomic E-state index is -0.0556. The highest BCUT2D eigenvalue weighted by Gasteiger charge is 2.31. The van der Waals surface area contributed by atoms with E-state index in [0.29, 0.717) is 12.5 Å². The van der Waals surface area contributed by atoms with Crippen molar-refractivity contribution in [2.24, 2.45) is 13.0 Å². The number of imidazole rings is 1. The van der Waals surface area contributed by atoms with Gasteiger partial charge in [0.1, 0.15) is 6.10 Å². The Labute approximate surface area is 145 Å². The van der Waals surface area contributed by atoms with Crippen LogP contribution in [0.25, 0.3) is 11.0 Å². The quantitative estimate of drug-likeness (QED) is 0.665. The van der Waals surface area contributed by atoms with Gasteiger partial charge in [-0.2, -0.15) is 5.10 Å². The third-order valence-corrected chi connectivity index (χ3v) is 4.96. The lowest BCUT2D eigenvalue weighted by atomic mass is 9.99. The fourth-order valence-electron chi connectivity index (χ4n) is 3.64. The SMILES string of the molecule is Cn1nccc1[C@@H]1OCC[C@H]1CNCCn1c(=O)[nH]c2ccccc21. The Kier molecular flexibility index (Phi) is 4.42. The second-order valence-electron chi connectivity index (χ2n) is 6.52. The maximum absolute atomic E-state index is 12.1. The van der Waals surface area contributed by atoms with Gasteiger partial charge >= 0.3 is 5.69 Å². The number of rotatable bonds is 6. The first-order chi connectivity index (χ1) is 12.2. The van der Waals surface area contributed by atoms with Crippen molar-refractivity contribution in [1.29, 1.82) is 0 Å². The summed E-state index contributed by atoms with van der Waals surface area (Å²) < 4.78 is 9.58. The van der Waals surface area contributed by atoms with Crippen molar-refractivity contribution >= 4 is 11.0 Å². The Morgan fingerprint density at radius 1 is 1.36 bits per heavy atom. The van der Waals surface area contributed by atoms with Crippen LogP contribution < -0.4 is 11.0 Å². The van der Waals surface area contributed by atoms with Crippen molar-refractivity contribution in [1.82, 2.24) is 24.6 Å². The third-order valence-electron chi connectivity index (χ3n) is 4.96. The fraction of sp³-hybridized carbons (Fsp3) is 0.444. The summed E-state index contributed by atoms with van der Waals surface area (Å²) in [6.07, 6.45) is 2.94. The maximum atomic E-state index is 12.1. The van der Waals surface area contributed by atoms with E-state index >= 15 is 0 Å². The fourth-order valence-corrected chi connectivity index (χ4v) is 3.64. The molecule has 2 N–H and O–H groups in total. The van der Waals surface area contributed by atoms with Crippen molar-refractivity contribution in [3.63, 3.8) is 0 Å². The van der Waals surface area contributed by atoms with Crippen molar-refractivity contribution in [3.8, 4) is 0 Å². The maximum Gasteiger partial charge on any atom is 0.326 e. The van der Waals surface area contributed by atoms with Crippen LogP contribution in [0.4, 0.5) is 0 Å². The zero-order valence-corrected chi connectivity index (χ0v) is 14.3. The van der Waals surface area contributed by atoms with Gasteiger partial charge in [-0.3, -0.25) is 9.25 Å². The normalized spacial score (nSPS) is 20.5. The largest absolute Gasteiger partial charge is 0.372 e. The first-order valence-corrected chi connectivity index (χ1v) is 8.72. The van der Waals surface area contributed by atoms with Crippen molar-refractivity contribution < 1.29 is 4.74 Å². The van der Waals surface area contributed by atoms with Crippen LogP contribution in [0.5, 0.6) is 0 Å². The Hall–Kier alpha value is -2.38. The van der Waals surface area contributed by atoms with Crippen LogP contribution in [0.3, 0.4) is 0 Å². The van der Waals surface area contributed by atoms with Crippen LogP contribution in [0.2, 0.25) is 0 Å². The molecule has 1 saturated heterocycles. The number of hydrogen-bond acceptors (Lipinski definition) is 4. The topological polar surface area (TPSA) is 76.9 Å². The molecule has 0 aliphatic carbocycles. The van der Waals surface area contributed by atoms with Gasteiger partial charge in [0, 0.05) is 45.4 Å². The Morgan fingerprint density at radius 3 is 3.08 bits per heavy atom. The first kappa shape index (κ1) is 16.1. The molecule has 1 fully saturated rings. The van der Waals surface area contributed by atoms with Crippen LogP contribution in [-0.2, 0) is 18.3 Å². The van der Waals surface area contributed by atoms with E-state index < -0.39 is 0 Å². The van der Waals surface area contributed by atoms with Crippen molar-refractivity contribution in [2.45, 2.75) is 19.1 Å². The molecule has 7 heteroatoms. The van der Waals surface area contributed by atoms with E-state index in [1.54, 1.807) is 4.57 Å². The molecule has 1 aliphatic rings. The lowest BCUT2D eigenvalue weighted by Gasteiger charge is -2.19. The van der Waals surface area contributed by atoms with Gasteiger partial charge in [0.25, 0.3) is 0 Å². The highest BCUT2D eigenvalue weighted by molar-refractivity contribution is 5.74. The number of aromatic amines is 1. The number of fused-ring (bicyclic) bond motifs is 1. The minimum Gasteiger partial charge on any atom is -0.372 e. The van der Waals surface area contributed by atoms with Gasteiger partial charge in [0.05, 0.1) is 16.7 Å². The molecule has 1 aromatic carbocycles. The van der Waals surface area contributed by atoms with Gasteiger partial charge in [-0.15, -0.1) is 0 Å². The predicted molar refractivity (Wildman–Crippen MR) is 95.4 cm³/mol. The van der Waals surface area contributed by atoms with E-state index in [4.69, 9.17) is 4.74 Å². The van der Waals surface area contributed by atoms with Gasteiger partial charge in [0.15, 0.2) is 0 Å². The first-order valence-electron chi connectivity index (χ1n) is 8.72. The number of hydrogen-bond donors (Lipinski definition) is 2. The molecule has 0 amide bonds. The van der Waals surface area contributed by atoms with E-state index in [-0.39, 0.29) is 11.8 Å². The molecular weight excluding hydrogens is 318 g/mol. The molecule has 0 saturated carbocycles. The summed E-state index contributed by atoms with van der Waals surface area (Å²) in [5.41, 5.74) is 2.90. The molecule has 132 valence electrons. The molecule has 0 spiro atoms. The zero-order valence-electron chi connectivity index (χ0n) is 14.3. The second-order valence-corrected chi connectivity index (χ2v) is 6.52. The Morgan fingerprint density at radius 2 is 2.24 bits per heavy atom. The summed E-state index contributed by atoms with van der Waals surface area (Å²) in [6, 6.07) is 9.80. The molecule has 2 aromatic heterocycles. The van der Waals surface area contributed by atoms with E-state index in [1.165, 1.54) is 0 Å². The third kappa shape index (κ3) is 3.12. The van der Waals surface area contributed by atoms with E-state index in [2.05, 4.69) is 15.4 Å². The molecule has 3 aromatic rings. The van der Waals surface area contributed by atoms with E-state index in [1.807, 2.05) is 48.3 Å². The standard InChI is InChI=1S/C18H23N5O2/c1-22-16(6-8-20-22)17-13(7-11-25-17)12-19-9-10-23-15-5-3-2-4-14(15)21-18(23)24/h2-6,8,13,17,19H,7,9-12H2,1H3,(H,21,24)/t13-,17+/m0/s1. The summed E-state index contributed by atoms with van der Waals surface area (Å²) in [5, 5.41) is 7.72. The summed E-state index contributed by atoms with van der Waals surface area (Å²) in [6.45, 7) is 3.04.